The van der Waals surface area contributed by atoms with Gasteiger partial charge in [0.1, 0.15) is 0 Å². The van der Waals surface area contributed by atoms with Crippen LogP contribution in [0.4, 0.5) is 18.9 Å². The van der Waals surface area contributed by atoms with Gasteiger partial charge < -0.3 is 14.7 Å². The van der Waals surface area contributed by atoms with Crippen molar-refractivity contribution in [3.05, 3.63) is 84.2 Å². The number of nitrogens with zero attached hydrogens (tertiary/aromatic N) is 2. The molecule has 0 bridgehead atoms. The number of carboxylic acids is 1. The molecule has 2 aliphatic carbocycles. The molecule has 0 atom stereocenters. The third-order valence-electron chi connectivity index (χ3n) is 7.68. The Kier molecular flexibility index (Phi) is 8.28. The van der Waals surface area contributed by atoms with E-state index in [4.69, 9.17) is 27.9 Å². The highest BCUT2D eigenvalue weighted by molar-refractivity contribution is 6.35. The number of rotatable bonds is 7. The lowest BCUT2D eigenvalue weighted by Crippen LogP contribution is -2.40. The van der Waals surface area contributed by atoms with Gasteiger partial charge in [-0.05, 0) is 49.9 Å². The Morgan fingerprint density at radius 2 is 1.63 bits per heavy atom. The van der Waals surface area contributed by atoms with Crippen molar-refractivity contribution < 1.29 is 42.3 Å². The molecule has 0 amide bonds. The zero-order valence-corrected chi connectivity index (χ0v) is 23.8. The van der Waals surface area contributed by atoms with Crippen LogP contribution >= 0.6 is 23.2 Å². The van der Waals surface area contributed by atoms with Crippen molar-refractivity contribution in [2.24, 2.45) is 0 Å². The minimum absolute atomic E-state index is 0.0394. The van der Waals surface area contributed by atoms with Gasteiger partial charge in [-0.2, -0.15) is 13.2 Å². The lowest BCUT2D eigenvalue weighted by Gasteiger charge is -2.44. The van der Waals surface area contributed by atoms with E-state index in [-0.39, 0.29) is 69.9 Å². The normalized spacial score (nSPS) is 17.7. The summed E-state index contributed by atoms with van der Waals surface area (Å²) in [5.74, 6) is -3.42. The Morgan fingerprint density at radius 3 is 2.16 bits per heavy atom. The number of hydrogen-bond donors (Lipinski definition) is 1. The van der Waals surface area contributed by atoms with E-state index in [1.165, 1.54) is 12.1 Å². The van der Waals surface area contributed by atoms with Gasteiger partial charge in [0.05, 0.1) is 21.9 Å². The van der Waals surface area contributed by atoms with Crippen LogP contribution in [0.2, 0.25) is 10.0 Å². The number of Topliss-reactive ketones (excluding diaryl/α,β-unsaturated/α-hetero) is 2. The number of halogens is 5. The summed E-state index contributed by atoms with van der Waals surface area (Å²) < 4.78 is 45.8. The van der Waals surface area contributed by atoms with E-state index in [0.717, 1.165) is 6.07 Å². The Hall–Kier alpha value is -3.90. The molecule has 2 aromatic rings. The van der Waals surface area contributed by atoms with Crippen LogP contribution in [0.5, 0.6) is 11.5 Å². The molecule has 14 heteroatoms. The smallest absolute Gasteiger partial charge is 0.416 e. The molecule has 0 saturated carbocycles. The number of benzene rings is 2. The largest absolute Gasteiger partial charge is 0.481 e. The average Bonchev–Trinajstić information content (AvgIpc) is 2.92. The third kappa shape index (κ3) is 5.85. The molecule has 2 aromatic carbocycles. The zero-order valence-electron chi connectivity index (χ0n) is 22.3. The second-order valence-corrected chi connectivity index (χ2v) is 11.2. The number of carboxylic acid groups (broad SMARTS) is 1. The molecule has 1 N–H and O–H groups in total. The Bertz CT molecular complexity index is 1590. The van der Waals surface area contributed by atoms with Crippen molar-refractivity contribution in [1.82, 2.24) is 4.90 Å². The number of nitro groups is 1. The van der Waals surface area contributed by atoms with Gasteiger partial charge in [-0.3, -0.25) is 24.5 Å². The number of ketones is 2. The second-order valence-electron chi connectivity index (χ2n) is 10.3. The lowest BCUT2D eigenvalue weighted by atomic mass is 9.70. The monoisotopic (exact) mass is 638 g/mol. The average molecular weight is 639 g/mol. The number of carbonyl (C=O) groups is 3. The molecule has 0 saturated heterocycles. The molecule has 0 aromatic heterocycles. The minimum Gasteiger partial charge on any atom is -0.481 e. The van der Waals surface area contributed by atoms with E-state index >= 15 is 0 Å². The third-order valence-corrected chi connectivity index (χ3v) is 8.18. The minimum atomic E-state index is -4.85. The van der Waals surface area contributed by atoms with Crippen LogP contribution in [-0.4, -0.2) is 39.0 Å². The maximum Gasteiger partial charge on any atom is 0.416 e. The van der Waals surface area contributed by atoms with Crippen molar-refractivity contribution in [1.29, 1.82) is 0 Å². The topological polar surface area (TPSA) is 127 Å². The SMILES string of the molecule is O=C(O)CCN1C2=C(C(=O)CCC2)C(c2cc(Cl)cc(Cl)c2Oc2ccc(C(F)(F)F)cc2[N+](=O)[O-])C2=C1CCCC2=O. The first kappa shape index (κ1) is 30.6. The maximum absolute atomic E-state index is 13.6. The summed E-state index contributed by atoms with van der Waals surface area (Å²) in [5.41, 5.74) is -0.468. The van der Waals surface area contributed by atoms with E-state index in [0.29, 0.717) is 49.2 Å². The highest BCUT2D eigenvalue weighted by Gasteiger charge is 2.45. The number of nitro benzene ring substituents is 1. The first-order chi connectivity index (χ1) is 20.3. The first-order valence-corrected chi connectivity index (χ1v) is 14.1. The summed E-state index contributed by atoms with van der Waals surface area (Å²) in [5, 5.41) is 21.1. The molecule has 0 fully saturated rings. The van der Waals surface area contributed by atoms with Crippen molar-refractivity contribution in [3.8, 4) is 11.5 Å². The van der Waals surface area contributed by atoms with Crippen LogP contribution in [0.1, 0.15) is 62.0 Å². The van der Waals surface area contributed by atoms with Crippen molar-refractivity contribution in [3.63, 3.8) is 0 Å². The molecule has 226 valence electrons. The van der Waals surface area contributed by atoms with E-state index in [1.807, 2.05) is 0 Å². The van der Waals surface area contributed by atoms with E-state index in [9.17, 15) is 42.8 Å². The standard InChI is InChI=1S/C29H23Cl2F3N2O7/c30-15-12-16(28(17(31)13-15)43-23-8-7-14(29(32,33)34)11-20(23)36(41)42)25-26-18(3-1-5-21(26)37)35(10-9-24(39)40)19-4-2-6-22(38)27(19)25/h7-8,11-13,25H,1-6,9-10H2,(H,39,40). The van der Waals surface area contributed by atoms with Gasteiger partial charge in [-0.15, -0.1) is 0 Å². The van der Waals surface area contributed by atoms with Gasteiger partial charge in [0, 0.05) is 64.5 Å². The maximum atomic E-state index is 13.6. The summed E-state index contributed by atoms with van der Waals surface area (Å²) >= 11 is 12.9. The van der Waals surface area contributed by atoms with Gasteiger partial charge in [-0.1, -0.05) is 23.2 Å². The van der Waals surface area contributed by atoms with Crippen LogP contribution in [-0.2, 0) is 20.6 Å². The van der Waals surface area contributed by atoms with Gasteiger partial charge in [0.15, 0.2) is 17.3 Å². The highest BCUT2D eigenvalue weighted by atomic mass is 35.5. The highest BCUT2D eigenvalue weighted by Crippen LogP contribution is 2.53. The number of ether oxygens (including phenoxy) is 1. The molecule has 3 aliphatic rings. The fourth-order valence-electron chi connectivity index (χ4n) is 5.94. The molecule has 43 heavy (non-hydrogen) atoms. The molecule has 5 rings (SSSR count). The lowest BCUT2D eigenvalue weighted by molar-refractivity contribution is -0.385. The summed E-state index contributed by atoms with van der Waals surface area (Å²) in [4.78, 5) is 51.1. The van der Waals surface area contributed by atoms with Crippen molar-refractivity contribution in [2.75, 3.05) is 6.54 Å². The van der Waals surface area contributed by atoms with Crippen LogP contribution < -0.4 is 4.74 Å². The number of aliphatic carboxylic acids is 1. The van der Waals surface area contributed by atoms with Gasteiger partial charge in [0.2, 0.25) is 5.75 Å². The summed E-state index contributed by atoms with van der Waals surface area (Å²) in [6.07, 6.45) is -2.91. The van der Waals surface area contributed by atoms with Crippen LogP contribution in [0.3, 0.4) is 0 Å². The molecule has 1 aliphatic heterocycles. The number of allylic oxidation sites excluding steroid dienone is 4. The second kappa shape index (κ2) is 11.6. The fourth-order valence-corrected chi connectivity index (χ4v) is 6.49. The molecule has 0 spiro atoms. The van der Waals surface area contributed by atoms with E-state index in [1.54, 1.807) is 4.90 Å². The zero-order chi connectivity index (χ0) is 31.2. The summed E-state index contributed by atoms with van der Waals surface area (Å²) in [7, 11) is 0. The Morgan fingerprint density at radius 1 is 1.02 bits per heavy atom. The van der Waals surface area contributed by atoms with E-state index < -0.39 is 40.0 Å². The van der Waals surface area contributed by atoms with Crippen molar-refractivity contribution in [2.45, 2.75) is 57.0 Å². The molecule has 0 unspecified atom stereocenters. The van der Waals surface area contributed by atoms with Crippen LogP contribution in [0.25, 0.3) is 0 Å². The summed E-state index contributed by atoms with van der Waals surface area (Å²) in [6, 6.07) is 4.46. The molecular weight excluding hydrogens is 616 g/mol. The van der Waals surface area contributed by atoms with Crippen molar-refractivity contribution >= 4 is 46.4 Å². The van der Waals surface area contributed by atoms with Gasteiger partial charge in [0.25, 0.3) is 0 Å². The Balaban J connectivity index is 1.73. The molecule has 0 radical (unpaired) electrons. The van der Waals surface area contributed by atoms with Gasteiger partial charge >= 0.3 is 17.8 Å². The van der Waals surface area contributed by atoms with Crippen LogP contribution in [0, 0.1) is 10.1 Å². The molecule has 9 nitrogen and oxygen atoms in total. The molecular formula is C29H23Cl2F3N2O7. The predicted octanol–water partition coefficient (Wildman–Crippen LogP) is 7.60. The number of hydrogen-bond acceptors (Lipinski definition) is 7. The fraction of sp³-hybridized carbons (Fsp3) is 0.345. The quantitative estimate of drug-likeness (QED) is 0.242. The molecule has 1 heterocycles. The first-order valence-electron chi connectivity index (χ1n) is 13.3. The number of alkyl halides is 3. The van der Waals surface area contributed by atoms with Crippen LogP contribution in [0.15, 0.2) is 52.9 Å². The predicted molar refractivity (Wildman–Crippen MR) is 148 cm³/mol. The Labute approximate surface area is 252 Å². The summed E-state index contributed by atoms with van der Waals surface area (Å²) in [6.45, 7) is 0.0394. The van der Waals surface area contributed by atoms with Gasteiger partial charge in [-0.25, -0.2) is 0 Å². The van der Waals surface area contributed by atoms with E-state index in [2.05, 4.69) is 0 Å². The number of carbonyl (C=O) groups excluding carboxylic acids is 2.